The summed E-state index contributed by atoms with van der Waals surface area (Å²) in [5, 5.41) is 0. The van der Waals surface area contributed by atoms with Crippen molar-refractivity contribution in [1.29, 1.82) is 0 Å². The van der Waals surface area contributed by atoms with Gasteiger partial charge in [0.2, 0.25) is 0 Å². The van der Waals surface area contributed by atoms with Gasteiger partial charge in [-0.05, 0) is 13.0 Å². The Kier molecular flexibility index (Phi) is 0.801. The number of rotatable bonds is 0. The first kappa shape index (κ1) is 3.68. The number of hydrogen-bond donors (Lipinski definition) is 2. The molecule has 0 spiro atoms. The van der Waals surface area contributed by atoms with E-state index in [4.69, 9.17) is 0 Å². The third kappa shape index (κ3) is 0.518. The molecular weight excluding hydrogens is 76.1 g/mol. The Hall–Kier alpha value is -0.500. The highest BCUT2D eigenvalue weighted by Crippen LogP contribution is 1.90. The van der Waals surface area contributed by atoms with Crippen LogP contribution in [0.2, 0.25) is 0 Å². The molecule has 0 unspecified atom stereocenters. The van der Waals surface area contributed by atoms with Gasteiger partial charge in [0, 0.05) is 5.70 Å². The molecule has 0 aromatic carbocycles. The standard InChI is InChI=1S/C4H7N2/c1-4-2-3-5-6-4/h2-3,5-6H,1H3. The minimum atomic E-state index is 1.16. The van der Waals surface area contributed by atoms with E-state index in [1.54, 1.807) is 0 Å². The molecule has 2 N–H and O–H groups in total. The van der Waals surface area contributed by atoms with E-state index in [1.165, 1.54) is 0 Å². The summed E-state index contributed by atoms with van der Waals surface area (Å²) >= 11 is 0. The lowest BCUT2D eigenvalue weighted by molar-refractivity contribution is 0.745. The summed E-state index contributed by atoms with van der Waals surface area (Å²) < 4.78 is 0. The summed E-state index contributed by atoms with van der Waals surface area (Å²) in [4.78, 5) is 0. The van der Waals surface area contributed by atoms with Crippen LogP contribution in [0.4, 0.5) is 0 Å². The van der Waals surface area contributed by atoms with Crippen LogP contribution in [0.5, 0.6) is 0 Å². The van der Waals surface area contributed by atoms with Gasteiger partial charge in [0.15, 0.2) is 0 Å². The second kappa shape index (κ2) is 1.30. The van der Waals surface area contributed by atoms with E-state index in [1.807, 2.05) is 19.5 Å². The molecular formula is C4H7N2. The van der Waals surface area contributed by atoms with E-state index in [0.717, 1.165) is 5.70 Å². The molecule has 2 nitrogen and oxygen atoms in total. The van der Waals surface area contributed by atoms with Crippen molar-refractivity contribution in [1.82, 2.24) is 10.9 Å². The van der Waals surface area contributed by atoms with Crippen molar-refractivity contribution in [2.75, 3.05) is 0 Å². The lowest BCUT2D eigenvalue weighted by Crippen LogP contribution is -2.19. The van der Waals surface area contributed by atoms with Crippen LogP contribution in [-0.2, 0) is 0 Å². The van der Waals surface area contributed by atoms with E-state index < -0.39 is 0 Å². The summed E-state index contributed by atoms with van der Waals surface area (Å²) in [6, 6.07) is 0. The maximum Gasteiger partial charge on any atom is 0.0667 e. The minimum Gasteiger partial charge on any atom is -0.326 e. The molecule has 0 aromatic rings. The van der Waals surface area contributed by atoms with Gasteiger partial charge in [-0.1, -0.05) is 0 Å². The summed E-state index contributed by atoms with van der Waals surface area (Å²) in [7, 11) is 0. The Morgan fingerprint density at radius 1 is 1.67 bits per heavy atom. The molecule has 0 atom stereocenters. The molecule has 1 radical (unpaired) electrons. The van der Waals surface area contributed by atoms with Crippen LogP contribution in [0.15, 0.2) is 11.8 Å². The quantitative estimate of drug-likeness (QED) is 0.436. The monoisotopic (exact) mass is 83.1 g/mol. The molecule has 6 heavy (non-hydrogen) atoms. The molecule has 1 aliphatic rings. The number of hydrogen-bond acceptors (Lipinski definition) is 2. The zero-order chi connectivity index (χ0) is 4.41. The van der Waals surface area contributed by atoms with E-state index in [0.29, 0.717) is 0 Å². The highest BCUT2D eigenvalue weighted by Gasteiger charge is 1.91. The van der Waals surface area contributed by atoms with E-state index in [-0.39, 0.29) is 0 Å². The maximum atomic E-state index is 2.88. The summed E-state index contributed by atoms with van der Waals surface area (Å²) in [5.74, 6) is 0. The van der Waals surface area contributed by atoms with Gasteiger partial charge >= 0.3 is 0 Å². The average Bonchev–Trinajstić information content (AvgIpc) is 1.86. The second-order valence-corrected chi connectivity index (χ2v) is 1.29. The van der Waals surface area contributed by atoms with Crippen LogP contribution in [0, 0.1) is 6.54 Å². The van der Waals surface area contributed by atoms with Crippen LogP contribution < -0.4 is 10.9 Å². The number of hydrazine groups is 1. The van der Waals surface area contributed by atoms with Gasteiger partial charge in [-0.15, -0.1) is 0 Å². The van der Waals surface area contributed by atoms with Crippen molar-refractivity contribution in [3.63, 3.8) is 0 Å². The highest BCUT2D eigenvalue weighted by molar-refractivity contribution is 5.07. The summed E-state index contributed by atoms with van der Waals surface area (Å²) in [6.07, 6.45) is 1.97. The molecule has 0 fully saturated rings. The van der Waals surface area contributed by atoms with Crippen LogP contribution >= 0.6 is 0 Å². The topological polar surface area (TPSA) is 24.1 Å². The molecule has 0 saturated heterocycles. The minimum absolute atomic E-state index is 1.16. The third-order valence-electron chi connectivity index (χ3n) is 0.686. The van der Waals surface area contributed by atoms with Crippen molar-refractivity contribution in [3.05, 3.63) is 18.3 Å². The fourth-order valence-corrected chi connectivity index (χ4v) is 0.364. The van der Waals surface area contributed by atoms with E-state index >= 15 is 0 Å². The average molecular weight is 83.1 g/mol. The van der Waals surface area contributed by atoms with E-state index in [9.17, 15) is 0 Å². The molecule has 2 heteroatoms. The molecule has 0 bridgehead atoms. The first-order valence-corrected chi connectivity index (χ1v) is 1.91. The SMILES string of the molecule is CC1=C[CH]NN1. The molecule has 0 aliphatic carbocycles. The smallest absolute Gasteiger partial charge is 0.0667 e. The number of nitrogens with one attached hydrogen (secondary N) is 2. The van der Waals surface area contributed by atoms with E-state index in [2.05, 4.69) is 10.9 Å². The van der Waals surface area contributed by atoms with Gasteiger partial charge in [0.25, 0.3) is 0 Å². The molecule has 1 rings (SSSR count). The van der Waals surface area contributed by atoms with Crippen LogP contribution in [-0.4, -0.2) is 0 Å². The highest BCUT2D eigenvalue weighted by atomic mass is 15.4. The number of allylic oxidation sites excluding steroid dienone is 1. The van der Waals surface area contributed by atoms with Crippen LogP contribution in [0.25, 0.3) is 0 Å². The van der Waals surface area contributed by atoms with Gasteiger partial charge in [0.05, 0.1) is 6.54 Å². The fraction of sp³-hybridized carbons (Fsp3) is 0.250. The lowest BCUT2D eigenvalue weighted by Gasteiger charge is -1.90. The lowest BCUT2D eigenvalue weighted by atomic mass is 10.5. The predicted molar refractivity (Wildman–Crippen MR) is 24.3 cm³/mol. The normalized spacial score (nSPS) is 19.8. The Labute approximate surface area is 37.2 Å². The molecule has 0 saturated carbocycles. The second-order valence-electron chi connectivity index (χ2n) is 1.29. The van der Waals surface area contributed by atoms with Crippen LogP contribution in [0.1, 0.15) is 6.92 Å². The van der Waals surface area contributed by atoms with Crippen molar-refractivity contribution >= 4 is 0 Å². The third-order valence-corrected chi connectivity index (χ3v) is 0.686. The van der Waals surface area contributed by atoms with Gasteiger partial charge in [0.1, 0.15) is 0 Å². The Bertz CT molecular complexity index is 75.6. The first-order chi connectivity index (χ1) is 2.89. The van der Waals surface area contributed by atoms with Crippen LogP contribution in [0.3, 0.4) is 0 Å². The zero-order valence-electron chi connectivity index (χ0n) is 3.65. The maximum absolute atomic E-state index is 2.88. The Morgan fingerprint density at radius 2 is 2.50 bits per heavy atom. The summed E-state index contributed by atoms with van der Waals surface area (Å²) in [5.41, 5.74) is 6.84. The molecule has 0 amide bonds. The van der Waals surface area contributed by atoms with Gasteiger partial charge in [-0.2, -0.15) is 0 Å². The van der Waals surface area contributed by atoms with Gasteiger partial charge in [-0.25, -0.2) is 5.43 Å². The fourth-order valence-electron chi connectivity index (χ4n) is 0.364. The zero-order valence-corrected chi connectivity index (χ0v) is 3.65. The van der Waals surface area contributed by atoms with Crippen molar-refractivity contribution in [3.8, 4) is 0 Å². The largest absolute Gasteiger partial charge is 0.326 e. The summed E-state index contributed by atoms with van der Waals surface area (Å²) in [6.45, 7) is 3.85. The molecule has 1 aliphatic heterocycles. The predicted octanol–water partition coefficient (Wildman–Crippen LogP) is 0.160. The first-order valence-electron chi connectivity index (χ1n) is 1.91. The molecule has 33 valence electrons. The Morgan fingerprint density at radius 3 is 2.67 bits per heavy atom. The van der Waals surface area contributed by atoms with Crippen molar-refractivity contribution < 1.29 is 0 Å². The Balaban J connectivity index is 2.45. The van der Waals surface area contributed by atoms with Crippen molar-refractivity contribution in [2.24, 2.45) is 0 Å². The molecule has 0 aromatic heterocycles. The molecule has 1 heterocycles. The van der Waals surface area contributed by atoms with Gasteiger partial charge < -0.3 is 5.43 Å². The van der Waals surface area contributed by atoms with Crippen molar-refractivity contribution in [2.45, 2.75) is 6.92 Å². The van der Waals surface area contributed by atoms with Gasteiger partial charge in [-0.3, -0.25) is 0 Å².